The standard InChI is InChI=1S/C12H16N2O3S/c1-12(2,3)9-5-10(13-8-15)7-11(6-9)14-18(4,16)17/h5-7,14H,1-4H3. The molecule has 0 aromatic heterocycles. The average Bonchev–Trinajstić information content (AvgIpc) is 2.13. The van der Waals surface area contributed by atoms with Gasteiger partial charge in [-0.1, -0.05) is 20.8 Å². The van der Waals surface area contributed by atoms with Gasteiger partial charge in [0.05, 0.1) is 17.6 Å². The third kappa shape index (κ3) is 4.31. The molecule has 0 atom stereocenters. The van der Waals surface area contributed by atoms with Crippen LogP contribution in [0.15, 0.2) is 23.2 Å². The minimum absolute atomic E-state index is 0.178. The van der Waals surface area contributed by atoms with Crippen LogP contribution >= 0.6 is 0 Å². The van der Waals surface area contributed by atoms with Crippen LogP contribution in [-0.2, 0) is 20.2 Å². The van der Waals surface area contributed by atoms with E-state index in [0.29, 0.717) is 11.4 Å². The normalized spacial score (nSPS) is 11.8. The van der Waals surface area contributed by atoms with Gasteiger partial charge in [-0.15, -0.1) is 0 Å². The fraction of sp³-hybridized carbons (Fsp3) is 0.417. The Morgan fingerprint density at radius 3 is 2.28 bits per heavy atom. The minimum atomic E-state index is -3.36. The number of benzene rings is 1. The summed E-state index contributed by atoms with van der Waals surface area (Å²) in [6.07, 6.45) is 2.52. The SMILES string of the molecule is CC(C)(C)c1cc(N=C=O)cc(NS(C)(=O)=O)c1. The van der Waals surface area contributed by atoms with E-state index in [1.807, 2.05) is 20.8 Å². The van der Waals surface area contributed by atoms with Crippen LogP contribution in [-0.4, -0.2) is 20.8 Å². The maximum atomic E-state index is 11.2. The number of hydrogen-bond acceptors (Lipinski definition) is 4. The summed E-state index contributed by atoms with van der Waals surface area (Å²) in [5, 5.41) is 0. The van der Waals surface area contributed by atoms with Crippen molar-refractivity contribution in [1.29, 1.82) is 0 Å². The summed E-state index contributed by atoms with van der Waals surface area (Å²) < 4.78 is 24.8. The van der Waals surface area contributed by atoms with Gasteiger partial charge in [-0.25, -0.2) is 13.2 Å². The molecule has 0 saturated heterocycles. The second kappa shape index (κ2) is 4.92. The Morgan fingerprint density at radius 2 is 1.83 bits per heavy atom. The van der Waals surface area contributed by atoms with E-state index in [2.05, 4.69) is 9.71 Å². The van der Waals surface area contributed by atoms with Gasteiger partial charge in [-0.05, 0) is 29.2 Å². The summed E-state index contributed by atoms with van der Waals surface area (Å²) in [6.45, 7) is 5.96. The third-order valence-corrected chi connectivity index (χ3v) is 2.87. The fourth-order valence-corrected chi connectivity index (χ4v) is 1.98. The van der Waals surface area contributed by atoms with Gasteiger partial charge in [0.1, 0.15) is 0 Å². The van der Waals surface area contributed by atoms with Gasteiger partial charge in [-0.2, -0.15) is 4.99 Å². The van der Waals surface area contributed by atoms with Crippen molar-refractivity contribution < 1.29 is 13.2 Å². The zero-order valence-corrected chi connectivity index (χ0v) is 11.6. The second-order valence-electron chi connectivity index (χ2n) is 5.10. The Kier molecular flexibility index (Phi) is 3.94. The van der Waals surface area contributed by atoms with Crippen LogP contribution < -0.4 is 4.72 Å². The van der Waals surface area contributed by atoms with E-state index in [0.717, 1.165) is 11.8 Å². The number of nitrogens with zero attached hydrogens (tertiary/aromatic N) is 1. The molecule has 0 aliphatic carbocycles. The predicted octanol–water partition coefficient (Wildman–Crippen LogP) is 2.32. The molecule has 1 N–H and O–H groups in total. The average molecular weight is 268 g/mol. The van der Waals surface area contributed by atoms with Gasteiger partial charge in [0.2, 0.25) is 16.1 Å². The maximum absolute atomic E-state index is 11.2. The monoisotopic (exact) mass is 268 g/mol. The molecule has 0 fully saturated rings. The molecular weight excluding hydrogens is 252 g/mol. The third-order valence-electron chi connectivity index (χ3n) is 2.26. The van der Waals surface area contributed by atoms with E-state index < -0.39 is 10.0 Å². The van der Waals surface area contributed by atoms with Crippen LogP contribution in [0.1, 0.15) is 26.3 Å². The molecular formula is C12H16N2O3S. The number of nitrogens with one attached hydrogen (secondary N) is 1. The van der Waals surface area contributed by atoms with Gasteiger partial charge < -0.3 is 0 Å². The van der Waals surface area contributed by atoms with E-state index in [-0.39, 0.29) is 5.41 Å². The largest absolute Gasteiger partial charge is 0.284 e. The Bertz CT molecular complexity index is 594. The van der Waals surface area contributed by atoms with E-state index >= 15 is 0 Å². The molecule has 1 rings (SSSR count). The number of isocyanates is 1. The molecule has 0 radical (unpaired) electrons. The van der Waals surface area contributed by atoms with Gasteiger partial charge in [0.15, 0.2) is 0 Å². The first-order valence-corrected chi connectivity index (χ1v) is 7.22. The van der Waals surface area contributed by atoms with E-state index in [1.165, 1.54) is 12.1 Å². The quantitative estimate of drug-likeness (QED) is 0.675. The highest BCUT2D eigenvalue weighted by Crippen LogP contribution is 2.30. The summed E-state index contributed by atoms with van der Waals surface area (Å²) in [4.78, 5) is 13.8. The number of aliphatic imine (C=N–C) groups is 1. The van der Waals surface area contributed by atoms with Crippen LogP contribution in [0.5, 0.6) is 0 Å². The molecule has 0 bridgehead atoms. The van der Waals surface area contributed by atoms with Gasteiger partial charge in [-0.3, -0.25) is 4.72 Å². The predicted molar refractivity (Wildman–Crippen MR) is 71.4 cm³/mol. The van der Waals surface area contributed by atoms with Crippen LogP contribution in [0.2, 0.25) is 0 Å². The first kappa shape index (κ1) is 14.4. The molecule has 98 valence electrons. The molecule has 18 heavy (non-hydrogen) atoms. The Morgan fingerprint density at radius 1 is 1.22 bits per heavy atom. The Hall–Kier alpha value is -1.65. The number of carbonyl (C=O) groups excluding carboxylic acids is 1. The molecule has 0 heterocycles. The summed E-state index contributed by atoms with van der Waals surface area (Å²) in [7, 11) is -3.36. The van der Waals surface area contributed by atoms with Crippen LogP contribution in [0.4, 0.5) is 11.4 Å². The summed E-state index contributed by atoms with van der Waals surface area (Å²) >= 11 is 0. The number of hydrogen-bond donors (Lipinski definition) is 1. The summed E-state index contributed by atoms with van der Waals surface area (Å²) in [6, 6.07) is 4.95. The van der Waals surface area contributed by atoms with Gasteiger partial charge in [0.25, 0.3) is 0 Å². The molecule has 0 unspecified atom stereocenters. The fourth-order valence-electron chi connectivity index (χ4n) is 1.43. The zero-order valence-electron chi connectivity index (χ0n) is 10.8. The molecule has 1 aromatic carbocycles. The molecule has 1 aromatic rings. The van der Waals surface area contributed by atoms with Gasteiger partial charge in [0, 0.05) is 0 Å². The molecule has 0 spiro atoms. The smallest absolute Gasteiger partial charge is 0.240 e. The Labute approximate surface area is 107 Å². The lowest BCUT2D eigenvalue weighted by Crippen LogP contribution is -2.13. The molecule has 6 heteroatoms. The highest BCUT2D eigenvalue weighted by molar-refractivity contribution is 7.92. The van der Waals surface area contributed by atoms with Crippen LogP contribution in [0, 0.1) is 0 Å². The molecule has 0 aliphatic rings. The lowest BCUT2D eigenvalue weighted by Gasteiger charge is -2.20. The van der Waals surface area contributed by atoms with E-state index in [1.54, 1.807) is 12.1 Å². The highest BCUT2D eigenvalue weighted by atomic mass is 32.2. The van der Waals surface area contributed by atoms with Crippen LogP contribution in [0.3, 0.4) is 0 Å². The maximum Gasteiger partial charge on any atom is 0.240 e. The lowest BCUT2D eigenvalue weighted by molar-refractivity contribution is 0.565. The lowest BCUT2D eigenvalue weighted by atomic mass is 9.86. The highest BCUT2D eigenvalue weighted by Gasteiger charge is 2.16. The van der Waals surface area contributed by atoms with Crippen molar-refractivity contribution >= 4 is 27.5 Å². The van der Waals surface area contributed by atoms with Crippen molar-refractivity contribution in [2.24, 2.45) is 4.99 Å². The van der Waals surface area contributed by atoms with E-state index in [4.69, 9.17) is 0 Å². The first-order valence-electron chi connectivity index (χ1n) is 5.33. The first-order chi connectivity index (χ1) is 8.12. The van der Waals surface area contributed by atoms with Crippen molar-refractivity contribution in [2.75, 3.05) is 11.0 Å². The molecule has 0 aliphatic heterocycles. The second-order valence-corrected chi connectivity index (χ2v) is 6.84. The summed E-state index contributed by atoms with van der Waals surface area (Å²) in [5.41, 5.74) is 1.47. The number of anilines is 1. The number of sulfonamides is 1. The van der Waals surface area contributed by atoms with Crippen molar-refractivity contribution in [1.82, 2.24) is 0 Å². The van der Waals surface area contributed by atoms with Crippen molar-refractivity contribution in [3.8, 4) is 0 Å². The molecule has 0 saturated carbocycles. The van der Waals surface area contributed by atoms with Gasteiger partial charge >= 0.3 is 0 Å². The number of rotatable bonds is 3. The summed E-state index contributed by atoms with van der Waals surface area (Å²) in [5.74, 6) is 0. The molecule has 5 nitrogen and oxygen atoms in total. The zero-order chi connectivity index (χ0) is 14.0. The molecule has 0 amide bonds. The Balaban J connectivity index is 3.35. The van der Waals surface area contributed by atoms with Crippen molar-refractivity contribution in [2.45, 2.75) is 26.2 Å². The van der Waals surface area contributed by atoms with Crippen molar-refractivity contribution in [3.63, 3.8) is 0 Å². The van der Waals surface area contributed by atoms with Crippen LogP contribution in [0.25, 0.3) is 0 Å². The van der Waals surface area contributed by atoms with E-state index in [9.17, 15) is 13.2 Å². The van der Waals surface area contributed by atoms with Crippen molar-refractivity contribution in [3.05, 3.63) is 23.8 Å². The minimum Gasteiger partial charge on any atom is -0.284 e. The topological polar surface area (TPSA) is 75.6 Å².